The van der Waals surface area contributed by atoms with Gasteiger partial charge < -0.3 is 15.0 Å². The Bertz CT molecular complexity index is 311. The molecule has 2 heterocycles. The van der Waals surface area contributed by atoms with Gasteiger partial charge in [-0.1, -0.05) is 0 Å². The van der Waals surface area contributed by atoms with E-state index >= 15 is 0 Å². The molecule has 78 valence electrons. The fraction of sp³-hybridized carbons (Fsp3) is 0.636. The Morgan fingerprint density at radius 3 is 2.93 bits per heavy atom. The van der Waals surface area contributed by atoms with Crippen molar-refractivity contribution in [2.45, 2.75) is 31.4 Å². The summed E-state index contributed by atoms with van der Waals surface area (Å²) in [5.74, 6) is 0. The van der Waals surface area contributed by atoms with Crippen LogP contribution in [0.4, 0.5) is 0 Å². The summed E-state index contributed by atoms with van der Waals surface area (Å²) in [6.45, 7) is 2.92. The molecule has 3 heteroatoms. The molecule has 2 atom stereocenters. The minimum atomic E-state index is -0.738. The van der Waals surface area contributed by atoms with Crippen molar-refractivity contribution >= 4 is 0 Å². The first-order chi connectivity index (χ1) is 6.60. The van der Waals surface area contributed by atoms with E-state index in [2.05, 4.69) is 5.32 Å². The molecule has 1 fully saturated rings. The van der Waals surface area contributed by atoms with Crippen LogP contribution in [-0.4, -0.2) is 22.3 Å². The highest BCUT2D eigenvalue weighted by atomic mass is 16.3. The Morgan fingerprint density at radius 2 is 2.43 bits per heavy atom. The number of aromatic nitrogens is 1. The van der Waals surface area contributed by atoms with E-state index in [4.69, 9.17) is 0 Å². The first kappa shape index (κ1) is 9.74. The van der Waals surface area contributed by atoms with E-state index in [1.807, 2.05) is 37.0 Å². The molecule has 2 unspecified atom stereocenters. The third kappa shape index (κ3) is 1.57. The fourth-order valence-corrected chi connectivity index (χ4v) is 2.17. The maximum absolute atomic E-state index is 10.4. The van der Waals surface area contributed by atoms with Gasteiger partial charge in [-0.15, -0.1) is 0 Å². The second-order valence-electron chi connectivity index (χ2n) is 4.36. The van der Waals surface area contributed by atoms with E-state index in [1.54, 1.807) is 0 Å². The van der Waals surface area contributed by atoms with Crippen LogP contribution >= 0.6 is 0 Å². The van der Waals surface area contributed by atoms with Crippen molar-refractivity contribution in [1.29, 1.82) is 0 Å². The summed E-state index contributed by atoms with van der Waals surface area (Å²) in [6, 6.07) is 2.19. The zero-order valence-electron chi connectivity index (χ0n) is 8.83. The van der Waals surface area contributed by atoms with E-state index in [0.717, 1.165) is 24.9 Å². The molecule has 0 aliphatic carbocycles. The Morgan fingerprint density at radius 1 is 1.64 bits per heavy atom. The van der Waals surface area contributed by atoms with Gasteiger partial charge in [0.2, 0.25) is 0 Å². The molecule has 1 saturated heterocycles. The predicted molar refractivity (Wildman–Crippen MR) is 56.0 cm³/mol. The number of aryl methyl sites for hydroxylation is 1. The zero-order valence-corrected chi connectivity index (χ0v) is 8.83. The van der Waals surface area contributed by atoms with Gasteiger partial charge >= 0.3 is 0 Å². The highest BCUT2D eigenvalue weighted by Gasteiger charge is 2.35. The summed E-state index contributed by atoms with van der Waals surface area (Å²) in [5.41, 5.74) is 0.261. The average Bonchev–Trinajstić information content (AvgIpc) is 2.72. The van der Waals surface area contributed by atoms with Crippen molar-refractivity contribution < 1.29 is 5.11 Å². The van der Waals surface area contributed by atoms with Gasteiger partial charge in [0.25, 0.3) is 0 Å². The maximum Gasteiger partial charge on any atom is 0.103 e. The molecule has 0 spiro atoms. The molecular weight excluding hydrogens is 176 g/mol. The van der Waals surface area contributed by atoms with Crippen molar-refractivity contribution in [3.8, 4) is 0 Å². The van der Waals surface area contributed by atoms with Crippen LogP contribution in [0.3, 0.4) is 0 Å². The summed E-state index contributed by atoms with van der Waals surface area (Å²) >= 11 is 0. The van der Waals surface area contributed by atoms with Crippen molar-refractivity contribution in [3.05, 3.63) is 24.0 Å². The largest absolute Gasteiger partial charge is 0.384 e. The number of hydrogen-bond acceptors (Lipinski definition) is 2. The Hall–Kier alpha value is -0.800. The molecule has 1 aliphatic rings. The van der Waals surface area contributed by atoms with Gasteiger partial charge in [0.1, 0.15) is 5.60 Å². The number of hydrogen-bond donors (Lipinski definition) is 2. The quantitative estimate of drug-likeness (QED) is 0.736. The normalized spacial score (nSPS) is 26.4. The molecule has 1 aromatic heterocycles. The molecule has 0 aromatic carbocycles. The number of aliphatic hydroxyl groups is 1. The number of nitrogens with one attached hydrogen (secondary N) is 1. The Kier molecular flexibility index (Phi) is 2.37. The van der Waals surface area contributed by atoms with Gasteiger partial charge in [-0.2, -0.15) is 0 Å². The smallest absolute Gasteiger partial charge is 0.103 e. The van der Waals surface area contributed by atoms with E-state index in [1.165, 1.54) is 0 Å². The van der Waals surface area contributed by atoms with E-state index < -0.39 is 5.60 Å². The molecule has 14 heavy (non-hydrogen) atoms. The lowest BCUT2D eigenvalue weighted by Crippen LogP contribution is -2.42. The molecular formula is C11H18N2O. The van der Waals surface area contributed by atoms with Crippen molar-refractivity contribution in [3.63, 3.8) is 0 Å². The molecule has 0 radical (unpaired) electrons. The zero-order chi connectivity index (χ0) is 10.2. The second kappa shape index (κ2) is 3.41. The van der Waals surface area contributed by atoms with Crippen LogP contribution in [0.5, 0.6) is 0 Å². The van der Waals surface area contributed by atoms with Gasteiger partial charge in [-0.25, -0.2) is 0 Å². The lowest BCUT2D eigenvalue weighted by molar-refractivity contribution is 0.0218. The van der Waals surface area contributed by atoms with E-state index in [0.29, 0.717) is 0 Å². The van der Waals surface area contributed by atoms with Crippen molar-refractivity contribution in [2.24, 2.45) is 7.05 Å². The van der Waals surface area contributed by atoms with Crippen LogP contribution in [0.2, 0.25) is 0 Å². The maximum atomic E-state index is 10.4. The van der Waals surface area contributed by atoms with Gasteiger partial charge in [-0.3, -0.25) is 0 Å². The molecule has 0 saturated carbocycles. The first-order valence-electron chi connectivity index (χ1n) is 5.19. The lowest BCUT2D eigenvalue weighted by atomic mass is 9.89. The van der Waals surface area contributed by atoms with Crippen LogP contribution in [-0.2, 0) is 12.6 Å². The molecule has 3 nitrogen and oxygen atoms in total. The van der Waals surface area contributed by atoms with Crippen LogP contribution < -0.4 is 5.32 Å². The van der Waals surface area contributed by atoms with E-state index in [9.17, 15) is 5.11 Å². The molecule has 0 bridgehead atoms. The molecule has 1 aliphatic heterocycles. The predicted octanol–water partition coefficient (Wildman–Crippen LogP) is 0.985. The summed E-state index contributed by atoms with van der Waals surface area (Å²) in [5, 5.41) is 13.8. The Balaban J connectivity index is 2.22. The standard InChI is InChI=1S/C11H18N2O/c1-11(14,10-4-3-6-12-10)9-5-7-13(2)8-9/h5,7-8,10,12,14H,3-4,6H2,1-2H3. The number of rotatable bonds is 2. The first-order valence-corrected chi connectivity index (χ1v) is 5.19. The Labute approximate surface area is 84.7 Å². The summed E-state index contributed by atoms with van der Waals surface area (Å²) in [4.78, 5) is 0. The summed E-state index contributed by atoms with van der Waals surface area (Å²) in [7, 11) is 1.97. The highest BCUT2D eigenvalue weighted by Crippen LogP contribution is 2.29. The lowest BCUT2D eigenvalue weighted by Gasteiger charge is -2.29. The highest BCUT2D eigenvalue weighted by molar-refractivity contribution is 5.21. The monoisotopic (exact) mass is 194 g/mol. The minimum Gasteiger partial charge on any atom is -0.384 e. The minimum absolute atomic E-state index is 0.199. The summed E-state index contributed by atoms with van der Waals surface area (Å²) in [6.07, 6.45) is 6.17. The number of nitrogens with zero attached hydrogens (tertiary/aromatic N) is 1. The van der Waals surface area contributed by atoms with Crippen LogP contribution in [0.15, 0.2) is 18.5 Å². The molecule has 2 N–H and O–H groups in total. The van der Waals surface area contributed by atoms with Crippen LogP contribution in [0.1, 0.15) is 25.3 Å². The van der Waals surface area contributed by atoms with Gasteiger partial charge in [0, 0.05) is 31.0 Å². The topological polar surface area (TPSA) is 37.2 Å². The van der Waals surface area contributed by atoms with Crippen molar-refractivity contribution in [1.82, 2.24) is 9.88 Å². The van der Waals surface area contributed by atoms with Gasteiger partial charge in [0.15, 0.2) is 0 Å². The SMILES string of the molecule is Cn1ccc(C(C)(O)C2CCCN2)c1. The molecule has 0 amide bonds. The van der Waals surface area contributed by atoms with Crippen LogP contribution in [0, 0.1) is 0 Å². The fourth-order valence-electron chi connectivity index (χ4n) is 2.17. The molecule has 1 aromatic rings. The third-order valence-corrected chi connectivity index (χ3v) is 3.16. The van der Waals surface area contributed by atoms with Crippen molar-refractivity contribution in [2.75, 3.05) is 6.54 Å². The average molecular weight is 194 g/mol. The van der Waals surface area contributed by atoms with E-state index in [-0.39, 0.29) is 6.04 Å². The summed E-state index contributed by atoms with van der Waals surface area (Å²) < 4.78 is 1.97. The van der Waals surface area contributed by atoms with Crippen LogP contribution in [0.25, 0.3) is 0 Å². The van der Waals surface area contributed by atoms with Gasteiger partial charge in [-0.05, 0) is 32.4 Å². The molecule has 2 rings (SSSR count). The third-order valence-electron chi connectivity index (χ3n) is 3.16. The van der Waals surface area contributed by atoms with Gasteiger partial charge in [0.05, 0.1) is 0 Å². The second-order valence-corrected chi connectivity index (χ2v) is 4.36.